The molecule has 0 aliphatic heterocycles. The van der Waals surface area contributed by atoms with Crippen LogP contribution in [-0.4, -0.2) is 46.7 Å². The van der Waals surface area contributed by atoms with Gasteiger partial charge in [-0.1, -0.05) is 23.2 Å². The highest BCUT2D eigenvalue weighted by molar-refractivity contribution is 7.91. The molecule has 0 aliphatic rings. The van der Waals surface area contributed by atoms with Crippen LogP contribution in [0, 0.1) is 0 Å². The van der Waals surface area contributed by atoms with E-state index in [0.717, 1.165) is 10.6 Å². The molecule has 1 rings (SSSR count). The molecule has 1 aromatic carbocycles. The second-order valence-corrected chi connectivity index (χ2v) is 9.82. The highest BCUT2D eigenvalue weighted by Gasteiger charge is 2.25. The number of hydrogen-bond donors (Lipinski definition) is 0. The van der Waals surface area contributed by atoms with Gasteiger partial charge in [0.2, 0.25) is 10.0 Å². The third-order valence-corrected chi connectivity index (χ3v) is 6.60. The van der Waals surface area contributed by atoms with E-state index in [0.29, 0.717) is 5.56 Å². The molecule has 0 unspecified atom stereocenters. The lowest BCUT2D eigenvalue weighted by molar-refractivity contribution is 0.485. The predicted octanol–water partition coefficient (Wildman–Crippen LogP) is 2.40. The molecular weight excluding hydrogens is 381 g/mol. The van der Waals surface area contributed by atoms with Crippen LogP contribution in [0.4, 0.5) is 0 Å². The molecule has 10 heteroatoms. The van der Waals surface area contributed by atoms with Gasteiger partial charge in [0.1, 0.15) is 14.7 Å². The van der Waals surface area contributed by atoms with Gasteiger partial charge in [0.25, 0.3) is 0 Å². The Morgan fingerprint density at radius 2 is 1.67 bits per heavy atom. The van der Waals surface area contributed by atoms with E-state index in [-0.39, 0.29) is 33.1 Å². The molecule has 0 spiro atoms. The summed E-state index contributed by atoms with van der Waals surface area (Å²) < 4.78 is 48.0. The Balaban J connectivity index is 3.19. The third-order valence-electron chi connectivity index (χ3n) is 2.71. The Labute approximate surface area is 139 Å². The van der Waals surface area contributed by atoms with Crippen molar-refractivity contribution in [1.82, 2.24) is 4.31 Å². The predicted molar refractivity (Wildman–Crippen MR) is 85.5 cm³/mol. The molecule has 0 bridgehead atoms. The van der Waals surface area contributed by atoms with Gasteiger partial charge in [-0.25, -0.2) is 16.8 Å². The van der Waals surface area contributed by atoms with Crippen molar-refractivity contribution in [2.24, 2.45) is 0 Å². The zero-order chi connectivity index (χ0) is 16.4. The van der Waals surface area contributed by atoms with Crippen molar-refractivity contribution in [2.75, 3.05) is 25.6 Å². The summed E-state index contributed by atoms with van der Waals surface area (Å²) in [5.41, 5.74) is 0.429. The monoisotopic (exact) mass is 393 g/mol. The highest BCUT2D eigenvalue weighted by Crippen LogP contribution is 2.31. The Morgan fingerprint density at radius 1 is 1.10 bits per heavy atom. The highest BCUT2D eigenvalue weighted by atomic mass is 35.5. The summed E-state index contributed by atoms with van der Waals surface area (Å²) in [5, 5.41) is 0.229. The zero-order valence-corrected chi connectivity index (χ0v) is 15.2. The average Bonchev–Trinajstić information content (AvgIpc) is 2.34. The topological polar surface area (TPSA) is 71.5 Å². The molecule has 0 saturated carbocycles. The van der Waals surface area contributed by atoms with Gasteiger partial charge in [0.05, 0.1) is 10.8 Å². The van der Waals surface area contributed by atoms with Gasteiger partial charge in [0, 0.05) is 30.8 Å². The van der Waals surface area contributed by atoms with Crippen LogP contribution in [0.15, 0.2) is 17.0 Å². The first kappa shape index (κ1) is 19.0. The lowest BCUT2D eigenvalue weighted by atomic mass is 10.2. The maximum atomic E-state index is 12.4. The summed E-state index contributed by atoms with van der Waals surface area (Å²) >= 11 is 17.5. The lowest BCUT2D eigenvalue weighted by Crippen LogP contribution is -2.31. The van der Waals surface area contributed by atoms with E-state index < -0.39 is 19.9 Å². The van der Waals surface area contributed by atoms with Crippen LogP contribution in [-0.2, 0) is 25.7 Å². The van der Waals surface area contributed by atoms with Crippen LogP contribution < -0.4 is 0 Å². The first-order chi connectivity index (χ1) is 9.49. The normalized spacial score (nSPS) is 12.9. The summed E-state index contributed by atoms with van der Waals surface area (Å²) in [6.45, 7) is -0.170. The molecule has 0 N–H and O–H groups in total. The Morgan fingerprint density at radius 3 is 2.14 bits per heavy atom. The SMILES string of the molecule is CN(CCS(C)(=O)=O)S(=O)(=O)c1cc(CCl)c(Cl)cc1Cl. The minimum Gasteiger partial charge on any atom is -0.229 e. The van der Waals surface area contributed by atoms with Gasteiger partial charge < -0.3 is 0 Å². The molecule has 120 valence electrons. The van der Waals surface area contributed by atoms with E-state index in [1.165, 1.54) is 19.2 Å². The fourth-order valence-electron chi connectivity index (χ4n) is 1.45. The quantitative estimate of drug-likeness (QED) is 0.695. The summed E-state index contributed by atoms with van der Waals surface area (Å²) in [6, 6.07) is 2.60. The lowest BCUT2D eigenvalue weighted by Gasteiger charge is -2.18. The van der Waals surface area contributed by atoms with Crippen molar-refractivity contribution in [2.45, 2.75) is 10.8 Å². The molecule has 0 atom stereocenters. The molecular formula is C11H14Cl3NO4S2. The van der Waals surface area contributed by atoms with Gasteiger partial charge in [-0.3, -0.25) is 0 Å². The second-order valence-electron chi connectivity index (χ2n) is 4.46. The van der Waals surface area contributed by atoms with Crippen molar-refractivity contribution in [3.63, 3.8) is 0 Å². The van der Waals surface area contributed by atoms with E-state index in [1.54, 1.807) is 0 Å². The van der Waals surface area contributed by atoms with Gasteiger partial charge in [0.15, 0.2) is 0 Å². The number of rotatable bonds is 6. The molecule has 0 aromatic heterocycles. The Bertz CT molecular complexity index is 732. The maximum Gasteiger partial charge on any atom is 0.244 e. The number of hydrogen-bond acceptors (Lipinski definition) is 4. The van der Waals surface area contributed by atoms with Gasteiger partial charge in [-0.2, -0.15) is 4.31 Å². The minimum atomic E-state index is -3.92. The van der Waals surface area contributed by atoms with E-state index in [2.05, 4.69) is 0 Å². The number of nitrogens with zero attached hydrogens (tertiary/aromatic N) is 1. The first-order valence-electron chi connectivity index (χ1n) is 5.67. The fraction of sp³-hybridized carbons (Fsp3) is 0.455. The van der Waals surface area contributed by atoms with E-state index in [9.17, 15) is 16.8 Å². The van der Waals surface area contributed by atoms with Crippen LogP contribution in [0.2, 0.25) is 10.0 Å². The Kier molecular flexibility index (Phi) is 6.35. The van der Waals surface area contributed by atoms with Crippen molar-refractivity contribution >= 4 is 54.7 Å². The van der Waals surface area contributed by atoms with E-state index in [4.69, 9.17) is 34.8 Å². The average molecular weight is 395 g/mol. The summed E-state index contributed by atoms with van der Waals surface area (Å²) in [6.07, 6.45) is 1.04. The molecule has 1 aromatic rings. The van der Waals surface area contributed by atoms with Gasteiger partial charge in [-0.15, -0.1) is 11.6 Å². The molecule has 5 nitrogen and oxygen atoms in total. The van der Waals surface area contributed by atoms with Crippen molar-refractivity contribution in [3.8, 4) is 0 Å². The molecule has 0 amide bonds. The van der Waals surface area contributed by atoms with Crippen LogP contribution in [0.1, 0.15) is 5.56 Å². The first-order valence-corrected chi connectivity index (χ1v) is 10.5. The molecule has 21 heavy (non-hydrogen) atoms. The second kappa shape index (κ2) is 7.02. The van der Waals surface area contributed by atoms with E-state index in [1.807, 2.05) is 0 Å². The number of sulfone groups is 1. The third kappa shape index (κ3) is 4.97. The molecule has 0 fully saturated rings. The van der Waals surface area contributed by atoms with E-state index >= 15 is 0 Å². The van der Waals surface area contributed by atoms with Gasteiger partial charge >= 0.3 is 0 Å². The maximum absolute atomic E-state index is 12.4. The number of halogens is 3. The molecule has 0 heterocycles. The number of alkyl halides is 1. The fourth-order valence-corrected chi connectivity index (χ4v) is 4.47. The zero-order valence-electron chi connectivity index (χ0n) is 11.3. The van der Waals surface area contributed by atoms with Crippen molar-refractivity contribution in [1.29, 1.82) is 0 Å². The minimum absolute atomic E-state index is 0.0333. The Hall–Kier alpha value is -0.0500. The smallest absolute Gasteiger partial charge is 0.229 e. The molecule has 0 aliphatic carbocycles. The molecule has 0 saturated heterocycles. The number of sulfonamides is 1. The summed E-state index contributed by atoms with van der Waals surface area (Å²) in [7, 11) is -5.91. The number of benzene rings is 1. The largest absolute Gasteiger partial charge is 0.244 e. The van der Waals surface area contributed by atoms with Gasteiger partial charge in [-0.05, 0) is 17.7 Å². The summed E-state index contributed by atoms with van der Waals surface area (Å²) in [4.78, 5) is -0.153. The van der Waals surface area contributed by atoms with Crippen LogP contribution >= 0.6 is 34.8 Å². The summed E-state index contributed by atoms with van der Waals surface area (Å²) in [5.74, 6) is -0.248. The van der Waals surface area contributed by atoms with Crippen molar-refractivity contribution in [3.05, 3.63) is 27.7 Å². The van der Waals surface area contributed by atoms with Crippen LogP contribution in [0.25, 0.3) is 0 Å². The molecule has 0 radical (unpaired) electrons. The van der Waals surface area contributed by atoms with Crippen molar-refractivity contribution < 1.29 is 16.8 Å². The van der Waals surface area contributed by atoms with Crippen LogP contribution in [0.3, 0.4) is 0 Å². The standard InChI is InChI=1S/C11H14Cl3NO4S2/c1-15(3-4-20(2,16)17)21(18,19)11-5-8(7-12)9(13)6-10(11)14/h5-6H,3-4,7H2,1-2H3. The van der Waals surface area contributed by atoms with Crippen LogP contribution in [0.5, 0.6) is 0 Å².